The number of aliphatic imine (C=N–C) groups is 1. The standard InChI is InChI=1S/C21H29F3N6O.HI/c1-15-28-29-19(30(15)2)13-26-20(27-17-6-4-3-5-7-17)25-12-16-8-10-18(11-9-16)31-14-21(22,23)24;/h8-11,17H,3-7,12-14H2,1-2H3,(H2,25,26,27);1H. The molecule has 1 aliphatic rings. The smallest absolute Gasteiger partial charge is 0.422 e. The van der Waals surface area contributed by atoms with E-state index in [4.69, 9.17) is 4.74 Å². The van der Waals surface area contributed by atoms with Crippen molar-refractivity contribution in [2.24, 2.45) is 12.0 Å². The minimum atomic E-state index is -4.35. The number of alkyl halides is 3. The zero-order chi connectivity index (χ0) is 22.3. The van der Waals surface area contributed by atoms with E-state index >= 15 is 0 Å². The van der Waals surface area contributed by atoms with Gasteiger partial charge in [0.1, 0.15) is 11.6 Å². The molecule has 178 valence electrons. The summed E-state index contributed by atoms with van der Waals surface area (Å²) >= 11 is 0. The molecule has 2 aromatic rings. The second kappa shape index (κ2) is 12.3. The predicted molar refractivity (Wildman–Crippen MR) is 127 cm³/mol. The third kappa shape index (κ3) is 8.47. The maximum Gasteiger partial charge on any atom is 0.422 e. The van der Waals surface area contributed by atoms with Gasteiger partial charge in [-0.25, -0.2) is 4.99 Å². The molecule has 0 unspecified atom stereocenters. The first-order chi connectivity index (χ1) is 14.8. The van der Waals surface area contributed by atoms with E-state index in [0.717, 1.165) is 30.1 Å². The van der Waals surface area contributed by atoms with Gasteiger partial charge in [-0.2, -0.15) is 13.2 Å². The van der Waals surface area contributed by atoms with Gasteiger partial charge in [-0.1, -0.05) is 31.4 Å². The van der Waals surface area contributed by atoms with Crippen molar-refractivity contribution in [3.05, 3.63) is 41.5 Å². The molecule has 0 bridgehead atoms. The van der Waals surface area contributed by atoms with E-state index in [0.29, 0.717) is 25.1 Å². The number of ether oxygens (including phenoxy) is 1. The van der Waals surface area contributed by atoms with Gasteiger partial charge in [0.25, 0.3) is 0 Å². The van der Waals surface area contributed by atoms with Gasteiger partial charge in [-0.3, -0.25) is 0 Å². The average molecular weight is 566 g/mol. The summed E-state index contributed by atoms with van der Waals surface area (Å²) in [5, 5.41) is 15.1. The van der Waals surface area contributed by atoms with E-state index in [1.54, 1.807) is 12.1 Å². The molecule has 32 heavy (non-hydrogen) atoms. The second-order valence-electron chi connectivity index (χ2n) is 7.77. The molecule has 1 aliphatic carbocycles. The summed E-state index contributed by atoms with van der Waals surface area (Å²) in [5.74, 6) is 2.51. The van der Waals surface area contributed by atoms with Gasteiger partial charge < -0.3 is 19.9 Å². The van der Waals surface area contributed by atoms with Crippen LogP contribution in [-0.4, -0.2) is 39.5 Å². The summed E-state index contributed by atoms with van der Waals surface area (Å²) in [5.41, 5.74) is 0.874. The predicted octanol–water partition coefficient (Wildman–Crippen LogP) is 4.25. The lowest BCUT2D eigenvalue weighted by atomic mass is 9.96. The molecule has 0 amide bonds. The monoisotopic (exact) mass is 566 g/mol. The first-order valence-corrected chi connectivity index (χ1v) is 10.5. The Labute approximate surface area is 203 Å². The first-order valence-electron chi connectivity index (χ1n) is 10.5. The summed E-state index contributed by atoms with van der Waals surface area (Å²) < 4.78 is 43.5. The lowest BCUT2D eigenvalue weighted by Crippen LogP contribution is -2.44. The van der Waals surface area contributed by atoms with Crippen molar-refractivity contribution in [1.29, 1.82) is 0 Å². The molecule has 1 heterocycles. The van der Waals surface area contributed by atoms with Crippen LogP contribution in [-0.2, 0) is 20.1 Å². The van der Waals surface area contributed by atoms with E-state index in [1.165, 1.54) is 31.4 Å². The molecule has 2 N–H and O–H groups in total. The van der Waals surface area contributed by atoms with Crippen molar-refractivity contribution < 1.29 is 17.9 Å². The number of hydrogen-bond donors (Lipinski definition) is 2. The van der Waals surface area contributed by atoms with Crippen molar-refractivity contribution in [2.75, 3.05) is 6.61 Å². The quantitative estimate of drug-likeness (QED) is 0.298. The first kappa shape index (κ1) is 26.2. The molecule has 1 aromatic carbocycles. The van der Waals surface area contributed by atoms with E-state index in [-0.39, 0.29) is 29.7 Å². The highest BCUT2D eigenvalue weighted by molar-refractivity contribution is 14.0. The fraction of sp³-hybridized carbons (Fsp3) is 0.571. The fourth-order valence-corrected chi connectivity index (χ4v) is 3.39. The lowest BCUT2D eigenvalue weighted by Gasteiger charge is -2.25. The highest BCUT2D eigenvalue weighted by Gasteiger charge is 2.28. The van der Waals surface area contributed by atoms with Crippen molar-refractivity contribution in [3.63, 3.8) is 0 Å². The zero-order valence-electron chi connectivity index (χ0n) is 18.3. The van der Waals surface area contributed by atoms with Crippen LogP contribution in [0.5, 0.6) is 5.75 Å². The van der Waals surface area contributed by atoms with Crippen LogP contribution in [0, 0.1) is 6.92 Å². The van der Waals surface area contributed by atoms with Crippen molar-refractivity contribution >= 4 is 29.9 Å². The number of rotatable bonds is 7. The van der Waals surface area contributed by atoms with Crippen molar-refractivity contribution in [2.45, 2.75) is 64.3 Å². The Hall–Kier alpha value is -2.05. The average Bonchev–Trinajstić information content (AvgIpc) is 3.07. The Morgan fingerprint density at radius 1 is 1.16 bits per heavy atom. The number of guanidine groups is 1. The Kier molecular flexibility index (Phi) is 10.0. The van der Waals surface area contributed by atoms with Crippen LogP contribution in [0.2, 0.25) is 0 Å². The number of hydrogen-bond acceptors (Lipinski definition) is 4. The number of nitrogens with one attached hydrogen (secondary N) is 2. The van der Waals surface area contributed by atoms with E-state index < -0.39 is 12.8 Å². The largest absolute Gasteiger partial charge is 0.484 e. The number of halogens is 4. The molecule has 1 fully saturated rings. The minimum absolute atomic E-state index is 0. The number of aromatic nitrogens is 3. The second-order valence-corrected chi connectivity index (χ2v) is 7.77. The normalized spacial score (nSPS) is 15.2. The SMILES string of the molecule is Cc1nnc(CNC(=NCc2ccc(OCC(F)(F)F)cc2)NC2CCCCC2)n1C.I. The Balaban J connectivity index is 0.00000363. The molecular weight excluding hydrogens is 536 g/mol. The molecule has 1 aromatic heterocycles. The van der Waals surface area contributed by atoms with Gasteiger partial charge in [0.2, 0.25) is 0 Å². The molecule has 1 saturated carbocycles. The molecule has 3 rings (SSSR count). The van der Waals surface area contributed by atoms with E-state index in [1.807, 2.05) is 18.5 Å². The Morgan fingerprint density at radius 2 is 1.84 bits per heavy atom. The molecule has 0 atom stereocenters. The van der Waals surface area contributed by atoms with Gasteiger partial charge in [0.05, 0.1) is 13.1 Å². The molecule has 0 radical (unpaired) electrons. The van der Waals surface area contributed by atoms with Gasteiger partial charge in [-0.05, 0) is 37.5 Å². The number of benzene rings is 1. The summed E-state index contributed by atoms with van der Waals surface area (Å²) in [6.07, 6.45) is 1.53. The Morgan fingerprint density at radius 3 is 2.44 bits per heavy atom. The molecular formula is C21H30F3IN6O. The Bertz CT molecular complexity index is 863. The number of aryl methyl sites for hydroxylation is 1. The van der Waals surface area contributed by atoms with Gasteiger partial charge >= 0.3 is 6.18 Å². The topological polar surface area (TPSA) is 76.4 Å². The van der Waals surface area contributed by atoms with Crippen molar-refractivity contribution in [3.8, 4) is 5.75 Å². The zero-order valence-corrected chi connectivity index (χ0v) is 20.6. The molecule has 0 aliphatic heterocycles. The molecule has 11 heteroatoms. The highest BCUT2D eigenvalue weighted by Crippen LogP contribution is 2.19. The molecule has 0 saturated heterocycles. The van der Waals surface area contributed by atoms with Crippen molar-refractivity contribution in [1.82, 2.24) is 25.4 Å². The molecule has 7 nitrogen and oxygen atoms in total. The van der Waals surface area contributed by atoms with Crippen LogP contribution in [0.3, 0.4) is 0 Å². The maximum absolute atomic E-state index is 12.3. The van der Waals surface area contributed by atoms with Gasteiger partial charge in [0, 0.05) is 13.1 Å². The van der Waals surface area contributed by atoms with Crippen LogP contribution >= 0.6 is 24.0 Å². The molecule has 0 spiro atoms. The van der Waals surface area contributed by atoms with E-state index in [2.05, 4.69) is 25.8 Å². The van der Waals surface area contributed by atoms with Crippen LogP contribution in [0.25, 0.3) is 0 Å². The fourth-order valence-electron chi connectivity index (χ4n) is 3.39. The van der Waals surface area contributed by atoms with Crippen LogP contribution in [0.15, 0.2) is 29.3 Å². The van der Waals surface area contributed by atoms with E-state index in [9.17, 15) is 13.2 Å². The van der Waals surface area contributed by atoms with Crippen LogP contribution < -0.4 is 15.4 Å². The third-order valence-corrected chi connectivity index (χ3v) is 5.29. The highest BCUT2D eigenvalue weighted by atomic mass is 127. The maximum atomic E-state index is 12.3. The summed E-state index contributed by atoms with van der Waals surface area (Å²) in [6.45, 7) is 1.47. The van der Waals surface area contributed by atoms with Crippen LogP contribution in [0.1, 0.15) is 49.3 Å². The summed E-state index contributed by atoms with van der Waals surface area (Å²) in [4.78, 5) is 4.67. The minimum Gasteiger partial charge on any atom is -0.484 e. The summed E-state index contributed by atoms with van der Waals surface area (Å²) in [7, 11) is 1.92. The van der Waals surface area contributed by atoms with Gasteiger partial charge in [0.15, 0.2) is 18.4 Å². The van der Waals surface area contributed by atoms with Crippen LogP contribution in [0.4, 0.5) is 13.2 Å². The summed E-state index contributed by atoms with van der Waals surface area (Å²) in [6, 6.07) is 6.87. The van der Waals surface area contributed by atoms with Gasteiger partial charge in [-0.15, -0.1) is 34.2 Å². The third-order valence-electron chi connectivity index (χ3n) is 5.29. The number of nitrogens with zero attached hydrogens (tertiary/aromatic N) is 4. The lowest BCUT2D eigenvalue weighted by molar-refractivity contribution is -0.153.